The molecule has 2 aromatic heterocycles. The van der Waals surface area contributed by atoms with Crippen molar-refractivity contribution >= 4 is 17.2 Å². The minimum atomic E-state index is -0.582. The zero-order valence-corrected chi connectivity index (χ0v) is 14.3. The van der Waals surface area contributed by atoms with E-state index in [4.69, 9.17) is 10.5 Å². The summed E-state index contributed by atoms with van der Waals surface area (Å²) < 4.78 is 6.70. The minimum absolute atomic E-state index is 0.0170. The lowest BCUT2D eigenvalue weighted by molar-refractivity contribution is -0.118. The highest BCUT2D eigenvalue weighted by Gasteiger charge is 2.27. The van der Waals surface area contributed by atoms with Gasteiger partial charge in [0.1, 0.15) is 22.5 Å². The first-order chi connectivity index (χ1) is 11.6. The van der Waals surface area contributed by atoms with Gasteiger partial charge in [-0.3, -0.25) is 9.59 Å². The van der Waals surface area contributed by atoms with Crippen LogP contribution in [0.5, 0.6) is 5.75 Å². The van der Waals surface area contributed by atoms with E-state index in [-0.39, 0.29) is 17.9 Å². The summed E-state index contributed by atoms with van der Waals surface area (Å²) in [5, 5.41) is 7.02. The van der Waals surface area contributed by atoms with Gasteiger partial charge in [0, 0.05) is 23.6 Å². The summed E-state index contributed by atoms with van der Waals surface area (Å²) in [4.78, 5) is 28.3. The summed E-state index contributed by atoms with van der Waals surface area (Å²) in [5.74, 6) is 0.291. The average Bonchev–Trinajstić information content (AvgIpc) is 3.25. The molecule has 1 unspecified atom stereocenters. The number of carbonyl (C=O) groups is 1. The number of nitrogens with zero attached hydrogens (tertiary/aromatic N) is 3. The van der Waals surface area contributed by atoms with Crippen molar-refractivity contribution < 1.29 is 9.53 Å². The molecule has 0 radical (unpaired) electrons. The van der Waals surface area contributed by atoms with Crippen LogP contribution in [0.15, 0.2) is 22.4 Å². The van der Waals surface area contributed by atoms with Gasteiger partial charge in [0.25, 0.3) is 5.56 Å². The van der Waals surface area contributed by atoms with Crippen molar-refractivity contribution in [3.63, 3.8) is 0 Å². The Morgan fingerprint density at radius 3 is 2.83 bits per heavy atom. The standard InChI is InChI=1S/C16H20N4O3S/c1-23-12-9-14(22)20(19-15(12)10-4-2-3-5-10)11(8-13(17)21)16-18-6-7-24-16/h6-7,9-11H,2-5,8H2,1H3,(H2,17,21). The van der Waals surface area contributed by atoms with Crippen molar-refractivity contribution in [2.24, 2.45) is 5.73 Å². The van der Waals surface area contributed by atoms with Crippen LogP contribution in [0.25, 0.3) is 0 Å². The molecule has 2 N–H and O–H groups in total. The third kappa shape index (κ3) is 3.33. The molecule has 128 valence electrons. The quantitative estimate of drug-likeness (QED) is 0.858. The lowest BCUT2D eigenvalue weighted by atomic mass is 10.0. The maximum absolute atomic E-state index is 12.5. The minimum Gasteiger partial charge on any atom is -0.495 e. The number of methoxy groups -OCH3 is 1. The molecule has 1 saturated carbocycles. The van der Waals surface area contributed by atoms with Gasteiger partial charge in [-0.05, 0) is 12.8 Å². The average molecular weight is 348 g/mol. The molecule has 0 aliphatic heterocycles. The highest BCUT2D eigenvalue weighted by atomic mass is 32.1. The topological polar surface area (TPSA) is 100 Å². The number of carbonyl (C=O) groups excluding carboxylic acids is 1. The fourth-order valence-electron chi connectivity index (χ4n) is 3.20. The van der Waals surface area contributed by atoms with Crippen LogP contribution < -0.4 is 16.0 Å². The van der Waals surface area contributed by atoms with E-state index >= 15 is 0 Å². The van der Waals surface area contributed by atoms with Gasteiger partial charge in [-0.1, -0.05) is 12.8 Å². The third-order valence-electron chi connectivity index (χ3n) is 4.34. The van der Waals surface area contributed by atoms with Crippen LogP contribution in [0.4, 0.5) is 0 Å². The van der Waals surface area contributed by atoms with Gasteiger partial charge in [-0.25, -0.2) is 9.67 Å². The van der Waals surface area contributed by atoms with E-state index in [1.807, 2.05) is 0 Å². The Bertz CT molecular complexity index is 766. The fraction of sp³-hybridized carbons (Fsp3) is 0.500. The number of hydrogen-bond acceptors (Lipinski definition) is 6. The second-order valence-electron chi connectivity index (χ2n) is 5.92. The van der Waals surface area contributed by atoms with Gasteiger partial charge in [-0.2, -0.15) is 5.10 Å². The maximum atomic E-state index is 12.5. The largest absolute Gasteiger partial charge is 0.495 e. The van der Waals surface area contributed by atoms with Crippen LogP contribution in [-0.4, -0.2) is 27.8 Å². The number of rotatable bonds is 6. The molecule has 1 amide bonds. The Kier molecular flexibility index (Phi) is 4.94. The Morgan fingerprint density at radius 1 is 1.50 bits per heavy atom. The van der Waals surface area contributed by atoms with Crippen molar-refractivity contribution in [3.8, 4) is 5.75 Å². The molecule has 3 rings (SSSR count). The molecule has 2 aromatic rings. The molecule has 1 atom stereocenters. The smallest absolute Gasteiger partial charge is 0.271 e. The fourth-order valence-corrected chi connectivity index (χ4v) is 3.93. The number of thiazole rings is 1. The van der Waals surface area contributed by atoms with E-state index in [0.717, 1.165) is 31.4 Å². The molecule has 2 heterocycles. The number of nitrogens with two attached hydrogens (primary N) is 1. The van der Waals surface area contributed by atoms with Crippen LogP contribution >= 0.6 is 11.3 Å². The van der Waals surface area contributed by atoms with E-state index in [9.17, 15) is 9.59 Å². The van der Waals surface area contributed by atoms with Crippen LogP contribution in [0.1, 0.15) is 54.8 Å². The number of amides is 1. The summed E-state index contributed by atoms with van der Waals surface area (Å²) in [6, 6.07) is 0.864. The van der Waals surface area contributed by atoms with Gasteiger partial charge < -0.3 is 10.5 Å². The zero-order valence-electron chi connectivity index (χ0n) is 13.5. The Morgan fingerprint density at radius 2 is 2.25 bits per heavy atom. The first kappa shape index (κ1) is 16.6. The third-order valence-corrected chi connectivity index (χ3v) is 5.21. The molecule has 1 fully saturated rings. The van der Waals surface area contributed by atoms with Crippen LogP contribution in [-0.2, 0) is 4.79 Å². The van der Waals surface area contributed by atoms with Crippen LogP contribution in [0.2, 0.25) is 0 Å². The lowest BCUT2D eigenvalue weighted by Crippen LogP contribution is -2.32. The molecule has 8 heteroatoms. The summed E-state index contributed by atoms with van der Waals surface area (Å²) >= 11 is 1.37. The van der Waals surface area contributed by atoms with Crippen molar-refractivity contribution in [1.29, 1.82) is 0 Å². The molecule has 24 heavy (non-hydrogen) atoms. The van der Waals surface area contributed by atoms with Gasteiger partial charge in [0.05, 0.1) is 13.5 Å². The summed E-state index contributed by atoms with van der Waals surface area (Å²) in [6.45, 7) is 0. The zero-order chi connectivity index (χ0) is 17.1. The summed E-state index contributed by atoms with van der Waals surface area (Å²) in [6.07, 6.45) is 5.97. The molecule has 1 aliphatic rings. The molecule has 0 bridgehead atoms. The monoisotopic (exact) mass is 348 g/mol. The highest BCUT2D eigenvalue weighted by Crippen LogP contribution is 2.37. The van der Waals surface area contributed by atoms with Gasteiger partial charge in [-0.15, -0.1) is 11.3 Å². The Balaban J connectivity index is 2.08. The Labute approximate surface area is 143 Å². The molecule has 0 aromatic carbocycles. The van der Waals surface area contributed by atoms with Crippen molar-refractivity contribution in [3.05, 3.63) is 38.7 Å². The molecule has 0 spiro atoms. The number of ether oxygens (including phenoxy) is 1. The van der Waals surface area contributed by atoms with E-state index < -0.39 is 11.9 Å². The number of hydrogen-bond donors (Lipinski definition) is 1. The van der Waals surface area contributed by atoms with Crippen molar-refractivity contribution in [2.45, 2.75) is 44.1 Å². The second kappa shape index (κ2) is 7.12. The van der Waals surface area contributed by atoms with E-state index in [1.54, 1.807) is 18.7 Å². The molecule has 1 aliphatic carbocycles. The van der Waals surface area contributed by atoms with Crippen molar-refractivity contribution in [1.82, 2.24) is 14.8 Å². The first-order valence-corrected chi connectivity index (χ1v) is 8.83. The molecule has 7 nitrogen and oxygen atoms in total. The molecule has 0 saturated heterocycles. The Hall–Kier alpha value is -2.22. The number of aromatic nitrogens is 3. The molecular formula is C16H20N4O3S. The molecular weight excluding hydrogens is 328 g/mol. The predicted octanol–water partition coefficient (Wildman–Crippen LogP) is 1.83. The normalized spacial score (nSPS) is 16.2. The van der Waals surface area contributed by atoms with Crippen LogP contribution in [0.3, 0.4) is 0 Å². The highest BCUT2D eigenvalue weighted by molar-refractivity contribution is 7.09. The van der Waals surface area contributed by atoms with Crippen molar-refractivity contribution in [2.75, 3.05) is 7.11 Å². The predicted molar refractivity (Wildman–Crippen MR) is 90.3 cm³/mol. The van der Waals surface area contributed by atoms with Gasteiger partial charge in [0.2, 0.25) is 5.91 Å². The summed E-state index contributed by atoms with van der Waals surface area (Å²) in [7, 11) is 1.54. The first-order valence-electron chi connectivity index (χ1n) is 7.95. The SMILES string of the molecule is COc1cc(=O)n(C(CC(N)=O)c2nccs2)nc1C1CCCC1. The maximum Gasteiger partial charge on any atom is 0.271 e. The second-order valence-corrected chi connectivity index (χ2v) is 6.84. The van der Waals surface area contributed by atoms with E-state index in [1.165, 1.54) is 22.1 Å². The number of primary amides is 1. The van der Waals surface area contributed by atoms with Crippen LogP contribution in [0, 0.1) is 0 Å². The summed E-state index contributed by atoms with van der Waals surface area (Å²) in [5.41, 5.74) is 5.83. The van der Waals surface area contributed by atoms with E-state index in [2.05, 4.69) is 10.1 Å². The lowest BCUT2D eigenvalue weighted by Gasteiger charge is -2.19. The van der Waals surface area contributed by atoms with Gasteiger partial charge in [0.15, 0.2) is 0 Å². The van der Waals surface area contributed by atoms with E-state index in [0.29, 0.717) is 10.8 Å². The van der Waals surface area contributed by atoms with Gasteiger partial charge >= 0.3 is 0 Å².